The smallest absolute Gasteiger partial charge is 0.293 e. The van der Waals surface area contributed by atoms with Crippen molar-refractivity contribution in [1.29, 1.82) is 0 Å². The van der Waals surface area contributed by atoms with Crippen molar-refractivity contribution in [2.45, 2.75) is 26.7 Å². The molecule has 0 bridgehead atoms. The Kier molecular flexibility index (Phi) is 6.44. The molecule has 150 valence electrons. The number of carbonyl (C=O) groups is 4. The Morgan fingerprint density at radius 1 is 1.03 bits per heavy atom. The van der Waals surface area contributed by atoms with Crippen LogP contribution in [-0.4, -0.2) is 34.2 Å². The van der Waals surface area contributed by atoms with E-state index in [9.17, 15) is 19.2 Å². The summed E-state index contributed by atoms with van der Waals surface area (Å²) in [6.07, 6.45) is 2.82. The molecule has 2 amide bonds. The normalized spacial score (nSPS) is 15.2. The molecule has 6 heteroatoms. The summed E-state index contributed by atoms with van der Waals surface area (Å²) < 4.78 is 0. The molecule has 3 rings (SSSR count). The molecule has 0 saturated carbocycles. The average Bonchev–Trinajstić information content (AvgIpc) is 2.95. The summed E-state index contributed by atoms with van der Waals surface area (Å²) in [6, 6.07) is 14.5. The van der Waals surface area contributed by atoms with Gasteiger partial charge >= 0.3 is 0 Å². The number of ketones is 2. The van der Waals surface area contributed by atoms with Crippen LogP contribution in [0.3, 0.4) is 0 Å². The Hall–Kier alpha value is -2.99. The van der Waals surface area contributed by atoms with Gasteiger partial charge in [-0.2, -0.15) is 0 Å². The molecule has 1 heterocycles. The SMILES string of the molecule is CC(=O)CCc1ccc(/C=C2\SC(=O)N(CC(=O)c3ccc(C)cc3)C2=O)cc1.[HH]. The zero-order valence-corrected chi connectivity index (χ0v) is 17.1. The minimum atomic E-state index is -0.457. The van der Waals surface area contributed by atoms with Crippen molar-refractivity contribution in [3.63, 3.8) is 0 Å². The van der Waals surface area contributed by atoms with Crippen molar-refractivity contribution in [3.8, 4) is 0 Å². The van der Waals surface area contributed by atoms with E-state index < -0.39 is 11.1 Å². The number of imide groups is 1. The minimum Gasteiger partial charge on any atom is -0.300 e. The quantitative estimate of drug-likeness (QED) is 0.490. The second-order valence-electron chi connectivity index (χ2n) is 7.00. The van der Waals surface area contributed by atoms with E-state index in [-0.39, 0.29) is 19.5 Å². The first-order valence-electron chi connectivity index (χ1n) is 9.27. The summed E-state index contributed by atoms with van der Waals surface area (Å²) in [5.41, 5.74) is 3.32. The van der Waals surface area contributed by atoms with Crippen LogP contribution in [0.1, 0.15) is 41.8 Å². The Labute approximate surface area is 175 Å². The lowest BCUT2D eigenvalue weighted by molar-refractivity contribution is -0.122. The van der Waals surface area contributed by atoms with Gasteiger partial charge in [-0.1, -0.05) is 54.1 Å². The van der Waals surface area contributed by atoms with Gasteiger partial charge in [-0.3, -0.25) is 19.3 Å². The molecule has 1 fully saturated rings. The molecule has 29 heavy (non-hydrogen) atoms. The molecule has 1 saturated heterocycles. The molecule has 2 aromatic rings. The highest BCUT2D eigenvalue weighted by molar-refractivity contribution is 8.18. The molecule has 0 unspecified atom stereocenters. The van der Waals surface area contributed by atoms with Crippen molar-refractivity contribution in [3.05, 3.63) is 75.7 Å². The molecule has 0 atom stereocenters. The van der Waals surface area contributed by atoms with E-state index in [1.807, 2.05) is 43.3 Å². The van der Waals surface area contributed by atoms with Gasteiger partial charge in [-0.05, 0) is 49.2 Å². The maximum absolute atomic E-state index is 12.6. The van der Waals surface area contributed by atoms with Crippen LogP contribution < -0.4 is 0 Å². The topological polar surface area (TPSA) is 71.5 Å². The second-order valence-corrected chi connectivity index (χ2v) is 7.99. The number of benzene rings is 2. The van der Waals surface area contributed by atoms with Gasteiger partial charge in [0.1, 0.15) is 5.78 Å². The van der Waals surface area contributed by atoms with Crippen LogP contribution in [0.2, 0.25) is 0 Å². The molecule has 0 N–H and O–H groups in total. The fraction of sp³-hybridized carbons (Fsp3) is 0.217. The van der Waals surface area contributed by atoms with Crippen molar-refractivity contribution in [2.75, 3.05) is 6.54 Å². The summed E-state index contributed by atoms with van der Waals surface area (Å²) >= 11 is 0.836. The summed E-state index contributed by atoms with van der Waals surface area (Å²) in [6.45, 7) is 3.22. The zero-order chi connectivity index (χ0) is 21.0. The molecule has 1 aliphatic rings. The van der Waals surface area contributed by atoms with Crippen LogP contribution in [0, 0.1) is 6.92 Å². The van der Waals surface area contributed by atoms with Crippen LogP contribution in [0.5, 0.6) is 0 Å². The van der Waals surface area contributed by atoms with Gasteiger partial charge in [-0.15, -0.1) is 0 Å². The van der Waals surface area contributed by atoms with Crippen LogP contribution in [0.15, 0.2) is 53.4 Å². The van der Waals surface area contributed by atoms with Crippen molar-refractivity contribution >= 4 is 40.6 Å². The monoisotopic (exact) mass is 409 g/mol. The third-order valence-electron chi connectivity index (χ3n) is 4.59. The number of hydrogen-bond acceptors (Lipinski definition) is 5. The fourth-order valence-corrected chi connectivity index (χ4v) is 3.70. The van der Waals surface area contributed by atoms with E-state index in [0.29, 0.717) is 23.3 Å². The Morgan fingerprint density at radius 2 is 1.69 bits per heavy atom. The van der Waals surface area contributed by atoms with E-state index in [0.717, 1.165) is 33.4 Å². The summed E-state index contributed by atoms with van der Waals surface area (Å²) in [5, 5.41) is -0.445. The number of hydrogen-bond donors (Lipinski definition) is 0. The lowest BCUT2D eigenvalue weighted by Gasteiger charge is -2.11. The summed E-state index contributed by atoms with van der Waals surface area (Å²) in [7, 11) is 0. The average molecular weight is 410 g/mol. The number of rotatable bonds is 7. The predicted octanol–water partition coefficient (Wildman–Crippen LogP) is 4.68. The molecule has 0 spiro atoms. The first-order valence-corrected chi connectivity index (χ1v) is 10.1. The van der Waals surface area contributed by atoms with E-state index in [1.165, 1.54) is 0 Å². The molecular weight excluding hydrogens is 386 g/mol. The summed E-state index contributed by atoms with van der Waals surface area (Å²) in [5.74, 6) is -0.590. The molecular formula is C23H23NO4S. The third kappa shape index (κ3) is 5.29. The maximum Gasteiger partial charge on any atom is 0.293 e. The number of aryl methyl sites for hydroxylation is 2. The second kappa shape index (κ2) is 9.01. The van der Waals surface area contributed by atoms with Crippen molar-refractivity contribution in [1.82, 2.24) is 4.90 Å². The van der Waals surface area contributed by atoms with Gasteiger partial charge in [-0.25, -0.2) is 0 Å². The van der Waals surface area contributed by atoms with Gasteiger partial charge in [0.15, 0.2) is 5.78 Å². The first-order chi connectivity index (χ1) is 13.8. The van der Waals surface area contributed by atoms with E-state index in [4.69, 9.17) is 0 Å². The third-order valence-corrected chi connectivity index (χ3v) is 5.50. The van der Waals surface area contributed by atoms with Crippen molar-refractivity contribution < 1.29 is 20.6 Å². The standard InChI is InChI=1S/C23H21NO4S.H2/c1-15-3-11-19(12-4-15)20(26)14-24-22(27)21(29-23(24)28)13-18-9-7-17(8-10-18)6-5-16(2)25;/h3-4,7-13H,5-6,14H2,1-2H3;1H/b21-13-;. The number of Topliss-reactive ketones (excluding diaryl/α,β-unsaturated/α-hetero) is 2. The van der Waals surface area contributed by atoms with Gasteiger partial charge in [0.2, 0.25) is 0 Å². The highest BCUT2D eigenvalue weighted by atomic mass is 32.2. The van der Waals surface area contributed by atoms with Gasteiger partial charge in [0, 0.05) is 13.4 Å². The summed E-state index contributed by atoms with van der Waals surface area (Å²) in [4.78, 5) is 49.6. The van der Waals surface area contributed by atoms with Crippen LogP contribution in [-0.2, 0) is 16.0 Å². The molecule has 0 aliphatic carbocycles. The highest BCUT2D eigenvalue weighted by Gasteiger charge is 2.36. The molecule has 2 aromatic carbocycles. The molecule has 1 aliphatic heterocycles. The number of carbonyl (C=O) groups excluding carboxylic acids is 4. The van der Waals surface area contributed by atoms with Gasteiger partial charge in [0.25, 0.3) is 11.1 Å². The predicted molar refractivity (Wildman–Crippen MR) is 116 cm³/mol. The minimum absolute atomic E-state index is 0. The largest absolute Gasteiger partial charge is 0.300 e. The first kappa shape index (κ1) is 20.7. The maximum atomic E-state index is 12.6. The molecule has 0 radical (unpaired) electrons. The molecule has 0 aromatic heterocycles. The Bertz CT molecular complexity index is 997. The Morgan fingerprint density at radius 3 is 2.31 bits per heavy atom. The van der Waals surface area contributed by atoms with Crippen LogP contribution in [0.25, 0.3) is 6.08 Å². The lowest BCUT2D eigenvalue weighted by Crippen LogP contribution is -2.33. The van der Waals surface area contributed by atoms with Crippen LogP contribution >= 0.6 is 11.8 Å². The lowest BCUT2D eigenvalue weighted by atomic mass is 10.1. The highest BCUT2D eigenvalue weighted by Crippen LogP contribution is 2.32. The van der Waals surface area contributed by atoms with Crippen LogP contribution in [0.4, 0.5) is 4.79 Å². The number of nitrogens with zero attached hydrogens (tertiary/aromatic N) is 1. The Balaban J connectivity index is 0.00000320. The van der Waals surface area contributed by atoms with E-state index in [2.05, 4.69) is 0 Å². The van der Waals surface area contributed by atoms with Gasteiger partial charge < -0.3 is 4.79 Å². The fourth-order valence-electron chi connectivity index (χ4n) is 2.86. The van der Waals surface area contributed by atoms with Crippen molar-refractivity contribution in [2.24, 2.45) is 0 Å². The van der Waals surface area contributed by atoms with Gasteiger partial charge in [0.05, 0.1) is 11.4 Å². The number of thioether (sulfide) groups is 1. The zero-order valence-electron chi connectivity index (χ0n) is 16.3. The molecule has 5 nitrogen and oxygen atoms in total. The van der Waals surface area contributed by atoms with E-state index in [1.54, 1.807) is 25.1 Å². The van der Waals surface area contributed by atoms with E-state index >= 15 is 0 Å². The number of amides is 2.